The molecule has 0 aliphatic carbocycles. The van der Waals surface area contributed by atoms with E-state index in [9.17, 15) is 18.0 Å². The Hall–Kier alpha value is -2.52. The van der Waals surface area contributed by atoms with Gasteiger partial charge in [0.25, 0.3) is 0 Å². The quantitative estimate of drug-likeness (QED) is 0.735. The van der Waals surface area contributed by atoms with Gasteiger partial charge in [-0.15, -0.1) is 0 Å². The van der Waals surface area contributed by atoms with Gasteiger partial charge >= 0.3 is 19.3 Å². The number of halogens is 3. The fourth-order valence-corrected chi connectivity index (χ4v) is 2.93. The number of carbonyl (C=O) groups is 1. The third-order valence-electron chi connectivity index (χ3n) is 5.55. The molecule has 1 fully saturated rings. The predicted octanol–water partition coefficient (Wildman–Crippen LogP) is 4.67. The average molecular weight is 420 g/mol. The van der Waals surface area contributed by atoms with E-state index in [0.29, 0.717) is 5.69 Å². The van der Waals surface area contributed by atoms with Gasteiger partial charge in [-0.2, -0.15) is 13.2 Å². The van der Waals surface area contributed by atoms with Crippen LogP contribution in [0.15, 0.2) is 48.5 Å². The van der Waals surface area contributed by atoms with Crippen molar-refractivity contribution in [2.24, 2.45) is 0 Å². The molecule has 9 heteroatoms. The lowest BCUT2D eigenvalue weighted by molar-refractivity contribution is -0.137. The molecular formula is C21H24BF3N2O3. The summed E-state index contributed by atoms with van der Waals surface area (Å²) in [5.41, 5.74) is -0.301. The number of nitrogens with one attached hydrogen (secondary N) is 1. The highest BCUT2D eigenvalue weighted by molar-refractivity contribution is 6.62. The van der Waals surface area contributed by atoms with Gasteiger partial charge in [0, 0.05) is 18.4 Å². The van der Waals surface area contributed by atoms with Gasteiger partial charge in [0.2, 0.25) is 0 Å². The van der Waals surface area contributed by atoms with Crippen LogP contribution < -0.4 is 15.7 Å². The summed E-state index contributed by atoms with van der Waals surface area (Å²) in [6, 6.07) is 11.0. The zero-order valence-electron chi connectivity index (χ0n) is 17.5. The van der Waals surface area contributed by atoms with Crippen molar-refractivity contribution >= 4 is 30.0 Å². The van der Waals surface area contributed by atoms with Crippen LogP contribution in [0.3, 0.4) is 0 Å². The van der Waals surface area contributed by atoms with E-state index in [2.05, 4.69) is 5.32 Å². The SMILES string of the molecule is CN(C(=O)Nc1cccc(C(F)(F)F)c1)c1ccc(B2OC(C)(C)C(C)(C)O2)cc1. The van der Waals surface area contributed by atoms with Gasteiger partial charge in [-0.25, -0.2) is 4.79 Å². The van der Waals surface area contributed by atoms with Crippen molar-refractivity contribution < 1.29 is 27.3 Å². The summed E-state index contributed by atoms with van der Waals surface area (Å²) in [5.74, 6) is 0. The first-order valence-electron chi connectivity index (χ1n) is 9.48. The number of anilines is 2. The second-order valence-electron chi connectivity index (χ2n) is 8.25. The van der Waals surface area contributed by atoms with Crippen molar-refractivity contribution in [3.05, 3.63) is 54.1 Å². The van der Waals surface area contributed by atoms with Gasteiger partial charge in [0.1, 0.15) is 0 Å². The van der Waals surface area contributed by atoms with Crippen LogP contribution >= 0.6 is 0 Å². The van der Waals surface area contributed by atoms with Crippen LogP contribution in [0.1, 0.15) is 33.3 Å². The maximum Gasteiger partial charge on any atom is 0.494 e. The molecule has 0 unspecified atom stereocenters. The van der Waals surface area contributed by atoms with E-state index in [1.54, 1.807) is 24.3 Å². The molecule has 0 radical (unpaired) electrons. The Morgan fingerprint density at radius 1 is 1.00 bits per heavy atom. The molecular weight excluding hydrogens is 396 g/mol. The zero-order valence-corrected chi connectivity index (χ0v) is 17.5. The normalized spacial score (nSPS) is 17.7. The number of benzene rings is 2. The van der Waals surface area contributed by atoms with Crippen molar-refractivity contribution in [1.29, 1.82) is 0 Å². The monoisotopic (exact) mass is 420 g/mol. The van der Waals surface area contributed by atoms with Crippen LogP contribution in [-0.4, -0.2) is 31.4 Å². The minimum absolute atomic E-state index is 0.0653. The van der Waals surface area contributed by atoms with Crippen LogP contribution in [0.2, 0.25) is 0 Å². The van der Waals surface area contributed by atoms with Gasteiger partial charge in [-0.3, -0.25) is 4.90 Å². The molecule has 1 saturated heterocycles. The van der Waals surface area contributed by atoms with Gasteiger partial charge < -0.3 is 14.6 Å². The molecule has 1 aliphatic heterocycles. The lowest BCUT2D eigenvalue weighted by atomic mass is 9.79. The number of rotatable bonds is 3. The molecule has 0 bridgehead atoms. The van der Waals surface area contributed by atoms with Crippen LogP contribution in [0.25, 0.3) is 0 Å². The number of hydrogen-bond acceptors (Lipinski definition) is 3. The minimum Gasteiger partial charge on any atom is -0.399 e. The molecule has 2 amide bonds. The molecule has 160 valence electrons. The van der Waals surface area contributed by atoms with Crippen LogP contribution in [0.5, 0.6) is 0 Å². The van der Waals surface area contributed by atoms with Crippen molar-refractivity contribution in [2.45, 2.75) is 45.1 Å². The summed E-state index contributed by atoms with van der Waals surface area (Å²) in [4.78, 5) is 13.8. The molecule has 0 atom stereocenters. The highest BCUT2D eigenvalue weighted by Gasteiger charge is 2.51. The minimum atomic E-state index is -4.48. The smallest absolute Gasteiger partial charge is 0.399 e. The Bertz CT molecular complexity index is 914. The van der Waals surface area contributed by atoms with Crippen molar-refractivity contribution in [3.8, 4) is 0 Å². The van der Waals surface area contributed by atoms with Crippen LogP contribution in [-0.2, 0) is 15.5 Å². The number of alkyl halides is 3. The lowest BCUT2D eigenvalue weighted by Crippen LogP contribution is -2.41. The van der Waals surface area contributed by atoms with E-state index < -0.39 is 36.1 Å². The largest absolute Gasteiger partial charge is 0.494 e. The maximum absolute atomic E-state index is 12.8. The first-order chi connectivity index (χ1) is 13.8. The van der Waals surface area contributed by atoms with Crippen LogP contribution in [0, 0.1) is 0 Å². The van der Waals surface area contributed by atoms with Crippen molar-refractivity contribution in [3.63, 3.8) is 0 Å². The molecule has 30 heavy (non-hydrogen) atoms. The molecule has 1 N–H and O–H groups in total. The molecule has 2 aromatic rings. The standard InChI is InChI=1S/C21H24BF3N2O3/c1-19(2)20(3,4)30-22(29-19)15-9-11-17(12-10-15)27(5)18(28)26-16-8-6-7-14(13-16)21(23,24)25/h6-13H,1-5H3,(H,26,28). The van der Waals surface area contributed by atoms with Gasteiger partial charge in [-0.05, 0) is 63.5 Å². The fraction of sp³-hybridized carbons (Fsp3) is 0.381. The third kappa shape index (κ3) is 4.47. The Balaban J connectivity index is 1.69. The molecule has 0 saturated carbocycles. The van der Waals surface area contributed by atoms with Crippen molar-refractivity contribution in [2.75, 3.05) is 17.3 Å². The second kappa shape index (κ2) is 7.63. The molecule has 0 aromatic heterocycles. The van der Waals surface area contributed by atoms with E-state index in [4.69, 9.17) is 9.31 Å². The molecule has 3 rings (SSSR count). The number of hydrogen-bond donors (Lipinski definition) is 1. The average Bonchev–Trinajstić information content (AvgIpc) is 2.88. The number of nitrogens with zero attached hydrogens (tertiary/aromatic N) is 1. The first-order valence-corrected chi connectivity index (χ1v) is 9.48. The second-order valence-corrected chi connectivity index (χ2v) is 8.25. The molecule has 2 aromatic carbocycles. The Kier molecular flexibility index (Phi) is 5.64. The highest BCUT2D eigenvalue weighted by Crippen LogP contribution is 2.36. The van der Waals surface area contributed by atoms with Gasteiger partial charge in [0.15, 0.2) is 0 Å². The maximum atomic E-state index is 12.8. The molecule has 0 spiro atoms. The first kappa shape index (κ1) is 22.2. The Labute approximate surface area is 174 Å². The lowest BCUT2D eigenvalue weighted by Gasteiger charge is -2.32. The zero-order chi connectivity index (χ0) is 22.3. The van der Waals surface area contributed by atoms with Gasteiger partial charge in [-0.1, -0.05) is 18.2 Å². The van der Waals surface area contributed by atoms with E-state index in [0.717, 1.165) is 17.6 Å². The fourth-order valence-electron chi connectivity index (χ4n) is 2.93. The summed E-state index contributed by atoms with van der Waals surface area (Å²) in [7, 11) is 1.01. The van der Waals surface area contributed by atoms with E-state index in [1.165, 1.54) is 24.1 Å². The summed E-state index contributed by atoms with van der Waals surface area (Å²) in [6.07, 6.45) is -4.48. The number of amides is 2. The predicted molar refractivity (Wildman–Crippen MR) is 111 cm³/mol. The van der Waals surface area contributed by atoms with Gasteiger partial charge in [0.05, 0.1) is 16.8 Å². The van der Waals surface area contributed by atoms with Crippen LogP contribution in [0.4, 0.5) is 29.3 Å². The highest BCUT2D eigenvalue weighted by atomic mass is 19.4. The summed E-state index contributed by atoms with van der Waals surface area (Å²) in [6.45, 7) is 7.86. The Morgan fingerprint density at radius 2 is 1.57 bits per heavy atom. The molecule has 5 nitrogen and oxygen atoms in total. The molecule has 1 aliphatic rings. The summed E-state index contributed by atoms with van der Waals surface area (Å²) >= 11 is 0. The van der Waals surface area contributed by atoms with E-state index in [-0.39, 0.29) is 5.69 Å². The third-order valence-corrected chi connectivity index (χ3v) is 5.55. The Morgan fingerprint density at radius 3 is 2.10 bits per heavy atom. The number of carbonyl (C=O) groups excluding carboxylic acids is 1. The summed E-state index contributed by atoms with van der Waals surface area (Å²) < 4.78 is 50.6. The van der Waals surface area contributed by atoms with Crippen molar-refractivity contribution in [1.82, 2.24) is 0 Å². The van der Waals surface area contributed by atoms with E-state index in [1.807, 2.05) is 27.7 Å². The summed E-state index contributed by atoms with van der Waals surface area (Å²) in [5, 5.41) is 2.48. The van der Waals surface area contributed by atoms with E-state index >= 15 is 0 Å². The number of urea groups is 1. The topological polar surface area (TPSA) is 50.8 Å². The molecule has 1 heterocycles.